The number of aliphatic hydroxyl groups excluding tert-OH is 3. The van der Waals surface area contributed by atoms with Crippen LogP contribution in [0.2, 0.25) is 0 Å². The van der Waals surface area contributed by atoms with Gasteiger partial charge in [-0.2, -0.15) is 0 Å². The molecule has 3 aliphatic rings. The first-order chi connectivity index (χ1) is 60.8. The van der Waals surface area contributed by atoms with Gasteiger partial charge in [0.2, 0.25) is 41.4 Å². The van der Waals surface area contributed by atoms with Crippen molar-refractivity contribution in [1.82, 2.24) is 58.1 Å². The first kappa shape index (κ1) is 95.1. The zero-order chi connectivity index (χ0) is 91.5. The molecular weight excluding hydrogens is 1620 g/mol. The molecule has 0 radical (unpaired) electrons. The highest BCUT2D eigenvalue weighted by Crippen LogP contribution is 2.26. The Kier molecular flexibility index (Phi) is 34.1. The summed E-state index contributed by atoms with van der Waals surface area (Å²) in [7, 11) is 1.53. The predicted octanol–water partition coefficient (Wildman–Crippen LogP) is 5.15. The molecule has 9 aromatic rings. The summed E-state index contributed by atoms with van der Waals surface area (Å²) in [6, 6.07) is 61.1. The lowest BCUT2D eigenvalue weighted by molar-refractivity contribution is -0.164. The van der Waals surface area contributed by atoms with Crippen molar-refractivity contribution in [2.45, 2.75) is 171 Å². The van der Waals surface area contributed by atoms with Gasteiger partial charge in [0.05, 0.1) is 89.0 Å². The maximum atomic E-state index is 13.8. The highest BCUT2D eigenvalue weighted by atomic mass is 16.5. The van der Waals surface area contributed by atoms with Gasteiger partial charge in [0.1, 0.15) is 47.5 Å². The average Bonchev–Trinajstić information content (AvgIpc) is 0.806. The maximum Gasteiger partial charge on any atom is 0.312 e. The topological polar surface area (TPSA) is 459 Å². The van der Waals surface area contributed by atoms with Crippen LogP contribution in [0.3, 0.4) is 0 Å². The average molecular weight is 1730 g/mol. The van der Waals surface area contributed by atoms with Crippen LogP contribution >= 0.6 is 0 Å². The number of nitrogens with zero attached hydrogens (tertiary/aromatic N) is 1. The van der Waals surface area contributed by atoms with Gasteiger partial charge in [-0.3, -0.25) is 57.5 Å². The molecule has 0 aliphatic carbocycles. The molecule has 0 bridgehead atoms. The number of hydrogen-bond acceptors (Lipinski definition) is 19. The first-order valence-corrected chi connectivity index (χ1v) is 42.0. The minimum Gasteiger partial charge on any atom is -0.507 e. The van der Waals surface area contributed by atoms with Crippen molar-refractivity contribution >= 4 is 70.9 Å². The molecular formula is C97H109N11O19. The number of esters is 1. The van der Waals surface area contributed by atoms with Gasteiger partial charge >= 0.3 is 5.97 Å². The van der Waals surface area contributed by atoms with Crippen LogP contribution in [0.1, 0.15) is 106 Å². The van der Waals surface area contributed by atoms with E-state index >= 15 is 0 Å². The predicted molar refractivity (Wildman–Crippen MR) is 471 cm³/mol. The molecule has 3 fully saturated rings. The summed E-state index contributed by atoms with van der Waals surface area (Å²) in [5, 5.41) is 92.2. The zero-order valence-corrected chi connectivity index (χ0v) is 71.3. The quantitative estimate of drug-likeness (QED) is 0.0494. The molecule has 3 saturated heterocycles. The number of phenolic OH excluding ortho intramolecular Hbond substituents is 3. The van der Waals surface area contributed by atoms with E-state index in [1.165, 1.54) is 69.1 Å². The summed E-state index contributed by atoms with van der Waals surface area (Å²) < 4.78 is 5.65. The number of likely N-dealkylation sites (N-methyl/N-ethyl adjacent to an activating group) is 1. The van der Waals surface area contributed by atoms with Crippen molar-refractivity contribution in [1.29, 1.82) is 0 Å². The summed E-state index contributed by atoms with van der Waals surface area (Å²) in [6.07, 6.45) is -4.26. The lowest BCUT2D eigenvalue weighted by Gasteiger charge is -2.37. The van der Waals surface area contributed by atoms with Gasteiger partial charge in [0, 0.05) is 26.3 Å². The Morgan fingerprint density at radius 3 is 0.945 bits per heavy atom. The van der Waals surface area contributed by atoms with E-state index < -0.39 is 180 Å². The number of nitrogens with one attached hydrogen (secondary N) is 10. The Morgan fingerprint density at radius 1 is 0.315 bits per heavy atom. The van der Waals surface area contributed by atoms with Gasteiger partial charge < -0.3 is 93.4 Å². The Bertz CT molecular complexity index is 5050. The number of phenols is 3. The fourth-order valence-electron chi connectivity index (χ4n) is 15.1. The van der Waals surface area contributed by atoms with Gasteiger partial charge in [-0.25, -0.2) is 0 Å². The Hall–Kier alpha value is -14.1. The minimum absolute atomic E-state index is 0.0401. The summed E-state index contributed by atoms with van der Waals surface area (Å²) in [4.78, 5) is 163. The largest absolute Gasteiger partial charge is 0.507 e. The summed E-state index contributed by atoms with van der Waals surface area (Å²) >= 11 is 0. The molecule has 16 N–H and O–H groups in total. The highest BCUT2D eigenvalue weighted by molar-refractivity contribution is 6.02. The van der Waals surface area contributed by atoms with Gasteiger partial charge in [0.25, 0.3) is 23.6 Å². The molecule has 3 unspecified atom stereocenters. The Labute approximate surface area is 736 Å². The van der Waals surface area contributed by atoms with E-state index in [9.17, 15) is 88.2 Å². The number of cyclic esters (lactones) is 1. The number of aliphatic hydroxyl groups is 3. The van der Waals surface area contributed by atoms with Crippen LogP contribution in [0.4, 0.5) is 0 Å². The Morgan fingerprint density at radius 2 is 0.598 bits per heavy atom. The zero-order valence-electron chi connectivity index (χ0n) is 71.3. The molecule has 12 rings (SSSR count). The number of aromatic hydroxyl groups is 3. The molecule has 30 nitrogen and oxygen atoms in total. The van der Waals surface area contributed by atoms with Crippen molar-refractivity contribution in [2.75, 3.05) is 7.05 Å². The number of carbonyl (C=O) groups is 12. The van der Waals surface area contributed by atoms with E-state index in [-0.39, 0.29) is 72.5 Å². The van der Waals surface area contributed by atoms with Crippen molar-refractivity contribution < 1.29 is 92.9 Å². The van der Waals surface area contributed by atoms with E-state index in [1.807, 2.05) is 158 Å². The molecule has 0 aromatic heterocycles. The van der Waals surface area contributed by atoms with E-state index in [2.05, 4.69) is 53.2 Å². The number of amides is 11. The molecule has 9 aromatic carbocycles. The maximum absolute atomic E-state index is 13.8. The summed E-state index contributed by atoms with van der Waals surface area (Å²) in [5.74, 6) is -11.6. The second-order valence-corrected chi connectivity index (χ2v) is 32.1. The monoisotopic (exact) mass is 1730 g/mol. The van der Waals surface area contributed by atoms with E-state index in [4.69, 9.17) is 4.74 Å². The lowest BCUT2D eigenvalue weighted by Crippen LogP contribution is -2.64. The number of ether oxygens (including phenoxy) is 1. The van der Waals surface area contributed by atoms with E-state index in [0.29, 0.717) is 0 Å². The molecule has 11 amide bonds. The standard InChI is InChI=1S/C33H38N4O6.C32H36N4O6.C32H35N3O7/c1-20-29(39)25(18-22-12-6-4-7-13-22)35-32(42)28(36-30(40)24-16-10-11-17-27(24)38)21(2)34-31(41)26(37(3)33(20)43)19-23-14-8-5-9-15-23;1-19-28(38)24(17-21-11-5-3-6-12-21)34-32(42)27(36-30(40)23-15-9-10-16-26(23)37)20(2)33-31(41)25(35-29(19)39)18-22-13-7-4-8-14-22;1-19-28(37)24(17-21-11-5-3-6-12-21)34-31(40)27(35-29(38)23-15-9-10-16-25(23)36)20(2)33-30(39)26(42-32(19)41)18-22-13-7-4-8-14-22/h4-17,20-21,25-26,28-29,38-39H,18-19H2,1-3H3,(H,34,41)(H,35,42)(H,36,40);3-16,19-20,24-25,27-28,37-38H,17-18H2,1-2H3,(H,33,41)(H,34,42)(H,35,39)(H,36,40);3-16,19-20,24,26-28,36-37H,17-18H2,1-2H3,(H,33,39)(H,34,40)(H,35,38)/t20-,21-,25+,26?,28+,29+;19-,20-,24+,25?,27+,28+;19-,20-,24+,26?,27+,28+/m111/s1. The van der Waals surface area contributed by atoms with Crippen LogP contribution in [0.5, 0.6) is 17.2 Å². The van der Waals surface area contributed by atoms with E-state index in [0.717, 1.165) is 33.4 Å². The van der Waals surface area contributed by atoms with Crippen LogP contribution in [-0.4, -0.2) is 204 Å². The number of hydrogen-bond donors (Lipinski definition) is 16. The fraction of sp³-hybridized carbons (Fsp3) is 0.320. The van der Waals surface area contributed by atoms with Gasteiger partial charge in [-0.15, -0.1) is 0 Å². The fourth-order valence-corrected chi connectivity index (χ4v) is 15.1. The first-order valence-electron chi connectivity index (χ1n) is 42.0. The van der Waals surface area contributed by atoms with Crippen LogP contribution < -0.4 is 53.2 Å². The molecule has 3 heterocycles. The summed E-state index contributed by atoms with van der Waals surface area (Å²) in [6.45, 7) is 9.24. The van der Waals surface area contributed by atoms with Crippen molar-refractivity contribution in [3.8, 4) is 17.2 Å². The second kappa shape index (κ2) is 45.5. The smallest absolute Gasteiger partial charge is 0.312 e. The van der Waals surface area contributed by atoms with E-state index in [1.54, 1.807) is 81.4 Å². The Balaban J connectivity index is 0.000000199. The minimum atomic E-state index is -1.38. The van der Waals surface area contributed by atoms with Crippen molar-refractivity contribution in [3.05, 3.63) is 305 Å². The molecule has 0 saturated carbocycles. The molecule has 666 valence electrons. The van der Waals surface area contributed by atoms with Crippen molar-refractivity contribution in [2.24, 2.45) is 17.8 Å². The lowest BCUT2D eigenvalue weighted by atomic mass is 9.90. The molecule has 127 heavy (non-hydrogen) atoms. The SMILES string of the molecule is C[C@H]1NC(=O)C(Cc2ccccc2)N(C)C(=O)[C@H](C)[C@H](O)[C@H](Cc2ccccc2)NC(=O)[C@H]1NC(=O)c1ccccc1O.C[C@H]1NC(=O)C(Cc2ccccc2)NC(=O)[C@H](C)[C@H](O)[C@H](Cc2ccccc2)NC(=O)[C@H]1NC(=O)c1ccccc1O.C[C@H]1NC(=O)C(Cc2ccccc2)OC(=O)[C@H](C)[C@H](O)[C@H](Cc2ccccc2)NC(=O)[C@H]1NC(=O)c1ccccc1O. The molecule has 0 spiro atoms. The third kappa shape index (κ3) is 26.3. The van der Waals surface area contributed by atoms with Crippen LogP contribution in [0.15, 0.2) is 255 Å². The number of carbonyl (C=O) groups excluding carboxylic acids is 12. The van der Waals surface area contributed by atoms with Crippen LogP contribution in [0.25, 0.3) is 0 Å². The third-order valence-electron chi connectivity index (χ3n) is 22.7. The number of rotatable bonds is 18. The number of benzene rings is 9. The molecule has 3 aliphatic heterocycles. The van der Waals surface area contributed by atoms with Gasteiger partial charge in [-0.1, -0.05) is 232 Å². The summed E-state index contributed by atoms with van der Waals surface area (Å²) in [5.41, 5.74) is 4.66. The van der Waals surface area contributed by atoms with Crippen LogP contribution in [-0.2, 0) is 86.4 Å². The normalized spacial score (nSPS) is 25.1. The van der Waals surface area contributed by atoms with Gasteiger partial charge in [0.15, 0.2) is 6.10 Å². The molecule has 18 atom stereocenters. The number of para-hydroxylation sites is 3. The molecule has 30 heteroatoms. The van der Waals surface area contributed by atoms with Crippen LogP contribution in [0, 0.1) is 17.8 Å². The van der Waals surface area contributed by atoms with Crippen molar-refractivity contribution in [3.63, 3.8) is 0 Å². The third-order valence-corrected chi connectivity index (χ3v) is 22.7. The highest BCUT2D eigenvalue weighted by Gasteiger charge is 2.44. The second-order valence-electron chi connectivity index (χ2n) is 32.1. The van der Waals surface area contributed by atoms with Gasteiger partial charge in [-0.05, 0) is 117 Å².